The minimum atomic E-state index is -0.951. The summed E-state index contributed by atoms with van der Waals surface area (Å²) in [5.74, 6) is -2.15. The van der Waals surface area contributed by atoms with E-state index in [1.165, 1.54) is 0 Å². The van der Waals surface area contributed by atoms with Crippen LogP contribution in [0.2, 0.25) is 0 Å². The first-order valence-electron chi connectivity index (χ1n) is 7.82. The van der Waals surface area contributed by atoms with Gasteiger partial charge in [0.2, 0.25) is 11.8 Å². The van der Waals surface area contributed by atoms with Crippen LogP contribution in [-0.2, 0) is 27.2 Å². The molecule has 2 aliphatic heterocycles. The molecular formula is C17H14N2O5. The molecule has 7 nitrogen and oxygen atoms in total. The molecule has 1 fully saturated rings. The largest absolute Gasteiger partial charge is 0.303 e. The number of carbonyl (C=O) groups is 5. The standard InChI is InChI=1S/C17H14N2O5/c20-7-8-3-9-5-11-12(6-10(9)4-8)17(24)19(16(11)23)13-1-2-14(21)18-15(13)22/h5-8,13H,1-4H2,(H,18,21,22). The van der Waals surface area contributed by atoms with Crippen LogP contribution in [0.4, 0.5) is 0 Å². The Morgan fingerprint density at radius 1 is 1.00 bits per heavy atom. The summed E-state index contributed by atoms with van der Waals surface area (Å²) in [6, 6.07) is 2.38. The third-order valence-corrected chi connectivity index (χ3v) is 4.92. The number of carbonyl (C=O) groups excluding carboxylic acids is 5. The summed E-state index contributed by atoms with van der Waals surface area (Å²) < 4.78 is 0. The molecule has 0 radical (unpaired) electrons. The van der Waals surface area contributed by atoms with E-state index in [9.17, 15) is 24.0 Å². The van der Waals surface area contributed by atoms with E-state index in [4.69, 9.17) is 0 Å². The normalized spacial score (nSPS) is 23.3. The third kappa shape index (κ3) is 2.01. The Kier molecular flexibility index (Phi) is 3.13. The van der Waals surface area contributed by atoms with E-state index < -0.39 is 29.7 Å². The summed E-state index contributed by atoms with van der Waals surface area (Å²) in [4.78, 5) is 60.5. The number of fused-ring (bicyclic) bond motifs is 2. The molecule has 0 aromatic heterocycles. The van der Waals surface area contributed by atoms with Crippen molar-refractivity contribution in [3.8, 4) is 0 Å². The number of rotatable bonds is 2. The molecule has 1 aromatic carbocycles. The highest BCUT2D eigenvalue weighted by Gasteiger charge is 2.45. The van der Waals surface area contributed by atoms with E-state index in [2.05, 4.69) is 5.32 Å². The predicted octanol–water partition coefficient (Wildman–Crippen LogP) is 0.00150. The van der Waals surface area contributed by atoms with Gasteiger partial charge in [-0.15, -0.1) is 0 Å². The highest BCUT2D eigenvalue weighted by atomic mass is 16.2. The van der Waals surface area contributed by atoms with Gasteiger partial charge in [0, 0.05) is 12.3 Å². The monoisotopic (exact) mass is 326 g/mol. The van der Waals surface area contributed by atoms with Crippen LogP contribution >= 0.6 is 0 Å². The van der Waals surface area contributed by atoms with Gasteiger partial charge < -0.3 is 4.79 Å². The van der Waals surface area contributed by atoms with Gasteiger partial charge >= 0.3 is 0 Å². The lowest BCUT2D eigenvalue weighted by Crippen LogP contribution is -2.54. The number of hydrogen-bond acceptors (Lipinski definition) is 5. The molecule has 1 N–H and O–H groups in total. The molecule has 7 heteroatoms. The maximum absolute atomic E-state index is 12.7. The Morgan fingerprint density at radius 2 is 1.58 bits per heavy atom. The quantitative estimate of drug-likeness (QED) is 0.609. The van der Waals surface area contributed by atoms with Gasteiger partial charge in [-0.3, -0.25) is 29.4 Å². The van der Waals surface area contributed by atoms with Crippen molar-refractivity contribution >= 4 is 29.9 Å². The maximum Gasteiger partial charge on any atom is 0.262 e. The third-order valence-electron chi connectivity index (χ3n) is 4.92. The van der Waals surface area contributed by atoms with Gasteiger partial charge in [-0.25, -0.2) is 0 Å². The van der Waals surface area contributed by atoms with Gasteiger partial charge in [0.1, 0.15) is 12.3 Å². The molecule has 24 heavy (non-hydrogen) atoms. The van der Waals surface area contributed by atoms with Gasteiger partial charge in [0.05, 0.1) is 11.1 Å². The average molecular weight is 326 g/mol. The molecule has 0 spiro atoms. The zero-order valence-corrected chi connectivity index (χ0v) is 12.7. The lowest BCUT2D eigenvalue weighted by molar-refractivity contribution is -0.136. The number of nitrogens with one attached hydrogen (secondary N) is 1. The van der Waals surface area contributed by atoms with E-state index >= 15 is 0 Å². The van der Waals surface area contributed by atoms with Gasteiger partial charge in [0.25, 0.3) is 11.8 Å². The highest BCUT2D eigenvalue weighted by Crippen LogP contribution is 2.34. The molecule has 1 atom stereocenters. The summed E-state index contributed by atoms with van der Waals surface area (Å²) in [6.07, 6.45) is 2.26. The molecule has 4 rings (SSSR count). The average Bonchev–Trinajstić information content (AvgIpc) is 3.06. The van der Waals surface area contributed by atoms with E-state index in [1.807, 2.05) is 0 Å². The minimum Gasteiger partial charge on any atom is -0.303 e. The van der Waals surface area contributed by atoms with Gasteiger partial charge in [-0.2, -0.15) is 0 Å². The SMILES string of the molecule is O=CC1Cc2cc3c(cc2C1)C(=O)N(C1CCC(=O)NC1=O)C3=O. The van der Waals surface area contributed by atoms with Crippen LogP contribution in [0.1, 0.15) is 44.7 Å². The molecule has 122 valence electrons. The lowest BCUT2D eigenvalue weighted by atomic mass is 10.0. The smallest absolute Gasteiger partial charge is 0.262 e. The zero-order chi connectivity index (χ0) is 17.0. The fourth-order valence-electron chi connectivity index (χ4n) is 3.72. The summed E-state index contributed by atoms with van der Waals surface area (Å²) in [5, 5.41) is 2.17. The lowest BCUT2D eigenvalue weighted by Gasteiger charge is -2.27. The fraction of sp³-hybridized carbons (Fsp3) is 0.353. The molecule has 2 heterocycles. The summed E-state index contributed by atoms with van der Waals surface area (Å²) in [7, 11) is 0. The van der Waals surface area contributed by atoms with Crippen molar-refractivity contribution in [3.05, 3.63) is 34.4 Å². The van der Waals surface area contributed by atoms with Crippen molar-refractivity contribution in [1.82, 2.24) is 10.2 Å². The van der Waals surface area contributed by atoms with Crippen molar-refractivity contribution in [1.29, 1.82) is 0 Å². The second-order valence-corrected chi connectivity index (χ2v) is 6.42. The number of nitrogens with zero attached hydrogens (tertiary/aromatic N) is 1. The number of amides is 4. The molecule has 1 aliphatic carbocycles. The Balaban J connectivity index is 1.69. The van der Waals surface area contributed by atoms with Crippen LogP contribution in [0.15, 0.2) is 12.1 Å². The van der Waals surface area contributed by atoms with E-state index in [1.54, 1.807) is 12.1 Å². The summed E-state index contributed by atoms with van der Waals surface area (Å²) >= 11 is 0. The van der Waals surface area contributed by atoms with Gasteiger partial charge in [-0.05, 0) is 42.5 Å². The number of hydrogen-bond donors (Lipinski definition) is 1. The van der Waals surface area contributed by atoms with Crippen LogP contribution in [0.3, 0.4) is 0 Å². The first-order chi connectivity index (χ1) is 11.5. The molecule has 4 amide bonds. The van der Waals surface area contributed by atoms with Crippen LogP contribution in [0.5, 0.6) is 0 Å². The maximum atomic E-state index is 12.7. The molecule has 1 saturated heterocycles. The molecule has 0 bridgehead atoms. The van der Waals surface area contributed by atoms with Crippen molar-refractivity contribution < 1.29 is 24.0 Å². The molecule has 0 saturated carbocycles. The molecule has 1 unspecified atom stereocenters. The Morgan fingerprint density at radius 3 is 2.08 bits per heavy atom. The van der Waals surface area contributed by atoms with Crippen LogP contribution in [0, 0.1) is 5.92 Å². The zero-order valence-electron chi connectivity index (χ0n) is 12.7. The van der Waals surface area contributed by atoms with Gasteiger partial charge in [-0.1, -0.05) is 0 Å². The Bertz CT molecular complexity index is 784. The number of aldehydes is 1. The molecular weight excluding hydrogens is 312 g/mol. The van der Waals surface area contributed by atoms with E-state index in [-0.39, 0.29) is 29.9 Å². The Labute approximate surface area is 137 Å². The summed E-state index contributed by atoms with van der Waals surface area (Å²) in [6.45, 7) is 0. The first kappa shape index (κ1) is 14.7. The minimum absolute atomic E-state index is 0.0985. The first-order valence-corrected chi connectivity index (χ1v) is 7.82. The van der Waals surface area contributed by atoms with E-state index in [0.29, 0.717) is 12.8 Å². The number of imide groups is 2. The molecule has 1 aromatic rings. The highest BCUT2D eigenvalue weighted by molar-refractivity contribution is 6.23. The van der Waals surface area contributed by atoms with Crippen molar-refractivity contribution in [2.24, 2.45) is 5.92 Å². The van der Waals surface area contributed by atoms with Crippen LogP contribution < -0.4 is 5.32 Å². The van der Waals surface area contributed by atoms with Gasteiger partial charge in [0.15, 0.2) is 0 Å². The topological polar surface area (TPSA) is 101 Å². The second-order valence-electron chi connectivity index (χ2n) is 6.42. The fourth-order valence-corrected chi connectivity index (χ4v) is 3.72. The predicted molar refractivity (Wildman–Crippen MR) is 80.1 cm³/mol. The van der Waals surface area contributed by atoms with Crippen molar-refractivity contribution in [2.45, 2.75) is 31.7 Å². The molecule has 3 aliphatic rings. The second kappa shape index (κ2) is 5.09. The number of benzene rings is 1. The van der Waals surface area contributed by atoms with Crippen molar-refractivity contribution in [2.75, 3.05) is 0 Å². The van der Waals surface area contributed by atoms with Crippen molar-refractivity contribution in [3.63, 3.8) is 0 Å². The van der Waals surface area contributed by atoms with Crippen LogP contribution in [0.25, 0.3) is 0 Å². The number of piperidine rings is 1. The summed E-state index contributed by atoms with van der Waals surface area (Å²) in [5.41, 5.74) is 2.35. The van der Waals surface area contributed by atoms with E-state index in [0.717, 1.165) is 22.3 Å². The Hall–Kier alpha value is -2.83. The van der Waals surface area contributed by atoms with Crippen LogP contribution in [-0.4, -0.2) is 40.9 Å².